The summed E-state index contributed by atoms with van der Waals surface area (Å²) in [5.41, 5.74) is 3.43. The number of esters is 1. The number of rotatable bonds is 6. The van der Waals surface area contributed by atoms with Crippen LogP contribution >= 0.6 is 22.9 Å². The normalized spacial score (nSPS) is 19.5. The molecule has 7 nitrogen and oxygen atoms in total. The van der Waals surface area contributed by atoms with E-state index in [0.29, 0.717) is 17.8 Å². The van der Waals surface area contributed by atoms with Gasteiger partial charge in [0.15, 0.2) is 0 Å². The SMILES string of the molecule is CCOC(=O)C1=C(CN2CCN(c3cc(Cl)ccc3C)CC2)NC(=O)N[C@H]1c1cccs1. The molecule has 170 valence electrons. The largest absolute Gasteiger partial charge is 0.463 e. The van der Waals surface area contributed by atoms with Crippen LogP contribution in [-0.2, 0) is 9.53 Å². The van der Waals surface area contributed by atoms with E-state index >= 15 is 0 Å². The lowest BCUT2D eigenvalue weighted by molar-refractivity contribution is -0.139. The van der Waals surface area contributed by atoms with Gasteiger partial charge in [0.2, 0.25) is 0 Å². The molecule has 3 heterocycles. The third kappa shape index (κ3) is 4.92. The fourth-order valence-electron chi connectivity index (χ4n) is 4.16. The highest BCUT2D eigenvalue weighted by molar-refractivity contribution is 7.10. The first kappa shape index (κ1) is 22.6. The molecule has 2 aliphatic rings. The van der Waals surface area contributed by atoms with Crippen molar-refractivity contribution in [1.29, 1.82) is 0 Å². The minimum absolute atomic E-state index is 0.276. The molecule has 32 heavy (non-hydrogen) atoms. The number of ether oxygens (including phenoxy) is 1. The van der Waals surface area contributed by atoms with E-state index in [1.807, 2.05) is 35.7 Å². The molecule has 0 spiro atoms. The monoisotopic (exact) mass is 474 g/mol. The molecular weight excluding hydrogens is 448 g/mol. The summed E-state index contributed by atoms with van der Waals surface area (Å²) in [5.74, 6) is -0.401. The molecule has 2 aliphatic heterocycles. The molecule has 2 N–H and O–H groups in total. The van der Waals surface area contributed by atoms with Gasteiger partial charge in [0.25, 0.3) is 0 Å². The molecule has 1 atom stereocenters. The molecule has 9 heteroatoms. The summed E-state index contributed by atoms with van der Waals surface area (Å²) in [7, 11) is 0. The molecule has 0 unspecified atom stereocenters. The van der Waals surface area contributed by atoms with Crippen molar-refractivity contribution in [2.75, 3.05) is 44.2 Å². The lowest BCUT2D eigenvalue weighted by atomic mass is 10.0. The zero-order valence-electron chi connectivity index (χ0n) is 18.2. The summed E-state index contributed by atoms with van der Waals surface area (Å²) >= 11 is 7.71. The van der Waals surface area contributed by atoms with Gasteiger partial charge in [0.1, 0.15) is 0 Å². The van der Waals surface area contributed by atoms with Gasteiger partial charge in [-0.1, -0.05) is 23.7 Å². The lowest BCUT2D eigenvalue weighted by Crippen LogP contribution is -2.51. The smallest absolute Gasteiger partial charge is 0.338 e. The Bertz CT molecular complexity index is 1020. The van der Waals surface area contributed by atoms with Gasteiger partial charge in [-0.15, -0.1) is 11.3 Å². The second kappa shape index (κ2) is 9.94. The molecule has 0 saturated carbocycles. The summed E-state index contributed by atoms with van der Waals surface area (Å²) in [6, 6.07) is 8.97. The zero-order valence-corrected chi connectivity index (χ0v) is 19.8. The van der Waals surface area contributed by atoms with Gasteiger partial charge in [0.05, 0.1) is 18.2 Å². The van der Waals surface area contributed by atoms with E-state index < -0.39 is 12.0 Å². The van der Waals surface area contributed by atoms with Crippen molar-refractivity contribution in [2.24, 2.45) is 0 Å². The number of anilines is 1. The van der Waals surface area contributed by atoms with Crippen LogP contribution in [0.25, 0.3) is 0 Å². The second-order valence-electron chi connectivity index (χ2n) is 7.85. The number of piperazine rings is 1. The quantitative estimate of drug-likeness (QED) is 0.624. The van der Waals surface area contributed by atoms with Crippen molar-refractivity contribution in [3.05, 3.63) is 62.4 Å². The number of nitrogens with one attached hydrogen (secondary N) is 2. The van der Waals surface area contributed by atoms with Crippen LogP contribution in [0.15, 0.2) is 47.0 Å². The number of benzene rings is 1. The first-order valence-corrected chi connectivity index (χ1v) is 12.0. The van der Waals surface area contributed by atoms with E-state index in [1.54, 1.807) is 6.92 Å². The number of carbonyl (C=O) groups excluding carboxylic acids is 2. The van der Waals surface area contributed by atoms with Gasteiger partial charge in [0, 0.05) is 54.0 Å². The predicted molar refractivity (Wildman–Crippen MR) is 127 cm³/mol. The number of hydrogen-bond donors (Lipinski definition) is 2. The predicted octanol–water partition coefficient (Wildman–Crippen LogP) is 3.70. The van der Waals surface area contributed by atoms with Crippen LogP contribution < -0.4 is 15.5 Å². The minimum atomic E-state index is -0.506. The molecule has 1 fully saturated rings. The van der Waals surface area contributed by atoms with Gasteiger partial charge in [-0.05, 0) is 43.0 Å². The van der Waals surface area contributed by atoms with Crippen LogP contribution in [0, 0.1) is 6.92 Å². The fourth-order valence-corrected chi connectivity index (χ4v) is 5.11. The summed E-state index contributed by atoms with van der Waals surface area (Å²) in [5, 5.41) is 8.41. The molecule has 4 rings (SSSR count). The highest BCUT2D eigenvalue weighted by Gasteiger charge is 2.35. The van der Waals surface area contributed by atoms with Gasteiger partial charge >= 0.3 is 12.0 Å². The Morgan fingerprint density at radius 2 is 2.03 bits per heavy atom. The summed E-state index contributed by atoms with van der Waals surface area (Å²) in [4.78, 5) is 30.8. The van der Waals surface area contributed by atoms with Crippen molar-refractivity contribution in [3.63, 3.8) is 0 Å². The van der Waals surface area contributed by atoms with E-state index in [1.165, 1.54) is 16.9 Å². The van der Waals surface area contributed by atoms with E-state index in [4.69, 9.17) is 16.3 Å². The zero-order chi connectivity index (χ0) is 22.7. The van der Waals surface area contributed by atoms with Crippen molar-refractivity contribution in [3.8, 4) is 0 Å². The number of hydrogen-bond acceptors (Lipinski definition) is 6. The Labute approximate surface area is 197 Å². The summed E-state index contributed by atoms with van der Waals surface area (Å²) in [6.45, 7) is 7.91. The molecule has 2 amide bonds. The van der Waals surface area contributed by atoms with Crippen LogP contribution in [0.2, 0.25) is 5.02 Å². The van der Waals surface area contributed by atoms with Crippen molar-refractivity contribution >= 4 is 40.6 Å². The summed E-state index contributed by atoms with van der Waals surface area (Å²) < 4.78 is 5.34. The Morgan fingerprint density at radius 3 is 2.72 bits per heavy atom. The number of carbonyl (C=O) groups is 2. The Balaban J connectivity index is 1.53. The summed E-state index contributed by atoms with van der Waals surface area (Å²) in [6.07, 6.45) is 0. The molecule has 0 radical (unpaired) electrons. The van der Waals surface area contributed by atoms with Crippen LogP contribution in [0.1, 0.15) is 23.4 Å². The maximum atomic E-state index is 12.9. The van der Waals surface area contributed by atoms with Crippen molar-refractivity contribution in [1.82, 2.24) is 15.5 Å². The fraction of sp³-hybridized carbons (Fsp3) is 0.391. The molecule has 1 aromatic carbocycles. The second-order valence-corrected chi connectivity index (χ2v) is 9.27. The average molecular weight is 475 g/mol. The van der Waals surface area contributed by atoms with Crippen molar-refractivity contribution < 1.29 is 14.3 Å². The number of amides is 2. The van der Waals surface area contributed by atoms with Crippen LogP contribution in [0.4, 0.5) is 10.5 Å². The highest BCUT2D eigenvalue weighted by Crippen LogP contribution is 2.31. The number of nitrogens with zero attached hydrogens (tertiary/aromatic N) is 2. The van der Waals surface area contributed by atoms with Gasteiger partial charge in [-0.25, -0.2) is 9.59 Å². The third-order valence-electron chi connectivity index (χ3n) is 5.74. The van der Waals surface area contributed by atoms with Crippen LogP contribution in [0.5, 0.6) is 0 Å². The van der Waals surface area contributed by atoms with Gasteiger partial charge in [-0.2, -0.15) is 0 Å². The Kier molecular flexibility index (Phi) is 7.03. The molecule has 1 saturated heterocycles. The van der Waals surface area contributed by atoms with Crippen molar-refractivity contribution in [2.45, 2.75) is 19.9 Å². The third-order valence-corrected chi connectivity index (χ3v) is 6.91. The Morgan fingerprint density at radius 1 is 1.25 bits per heavy atom. The molecule has 1 aromatic heterocycles. The minimum Gasteiger partial charge on any atom is -0.463 e. The standard InChI is InChI=1S/C23H27ClN4O3S/c1-3-31-22(29)20-17(25-23(30)26-21(20)19-5-4-12-32-19)14-27-8-10-28(11-9-27)18-13-16(24)7-6-15(18)2/h4-7,12-13,21H,3,8-11,14H2,1-2H3,(H2,25,26,30)/t21-/m0/s1. The molecule has 0 aliphatic carbocycles. The van der Waals surface area contributed by atoms with Crippen LogP contribution in [0.3, 0.4) is 0 Å². The molecule has 0 bridgehead atoms. The first-order valence-electron chi connectivity index (χ1n) is 10.7. The topological polar surface area (TPSA) is 73.9 Å². The maximum Gasteiger partial charge on any atom is 0.338 e. The van der Waals surface area contributed by atoms with E-state index in [0.717, 1.165) is 41.8 Å². The van der Waals surface area contributed by atoms with Crippen LogP contribution in [-0.4, -0.2) is 56.2 Å². The number of urea groups is 1. The number of thiophene rings is 1. The van der Waals surface area contributed by atoms with Gasteiger partial charge < -0.3 is 20.3 Å². The Hall–Kier alpha value is -2.55. The number of aryl methyl sites for hydroxylation is 1. The lowest BCUT2D eigenvalue weighted by Gasteiger charge is -2.38. The average Bonchev–Trinajstić information content (AvgIpc) is 3.31. The van der Waals surface area contributed by atoms with E-state index in [-0.39, 0.29) is 12.6 Å². The van der Waals surface area contributed by atoms with E-state index in [2.05, 4.69) is 27.4 Å². The van der Waals surface area contributed by atoms with E-state index in [9.17, 15) is 9.59 Å². The maximum absolute atomic E-state index is 12.9. The molecule has 2 aromatic rings. The number of halogens is 1. The van der Waals surface area contributed by atoms with Gasteiger partial charge in [-0.3, -0.25) is 4.90 Å². The first-order chi connectivity index (χ1) is 15.5. The molecular formula is C23H27ClN4O3S. The highest BCUT2D eigenvalue weighted by atomic mass is 35.5.